The first-order valence-electron chi connectivity index (χ1n) is 12.3. The average Bonchev–Trinajstić information content (AvgIpc) is 3.30. The molecule has 3 heterocycles. The van der Waals surface area contributed by atoms with Crippen LogP contribution in [0.3, 0.4) is 0 Å². The fourth-order valence-electron chi connectivity index (χ4n) is 5.49. The Labute approximate surface area is 236 Å². The van der Waals surface area contributed by atoms with Gasteiger partial charge in [0.2, 0.25) is 0 Å². The molecule has 5 aromatic rings. The predicted molar refractivity (Wildman–Crippen MR) is 141 cm³/mol. The van der Waals surface area contributed by atoms with Gasteiger partial charge in [0.1, 0.15) is 17.2 Å². The standard InChI is InChI=1S/C29H29N6.Y/c1-18-23(13-11-21-12-14-24(33-25(18)21)20-5-3-2-4-6-20)26-27-28(31)32-15-16-35(27)29(34-26)22-9-7-19(17-30)8-10-22;/h2-6,11,13-16,19,22H,7-10,17,30H2,1H3,(H2,31,32);/q-1;. The van der Waals surface area contributed by atoms with E-state index >= 15 is 0 Å². The van der Waals surface area contributed by atoms with E-state index in [2.05, 4.69) is 46.6 Å². The molecule has 0 unspecified atom stereocenters. The number of pyridine rings is 1. The first-order chi connectivity index (χ1) is 17.1. The van der Waals surface area contributed by atoms with Crippen LogP contribution in [0.15, 0.2) is 60.9 Å². The third kappa shape index (κ3) is 4.36. The number of hydrogen-bond donors (Lipinski definition) is 2. The molecule has 3 aromatic heterocycles. The molecule has 1 aliphatic carbocycles. The van der Waals surface area contributed by atoms with Crippen LogP contribution < -0.4 is 11.5 Å². The largest absolute Gasteiger partial charge is 0.382 e. The monoisotopic (exact) mass is 550 g/mol. The van der Waals surface area contributed by atoms with Crippen molar-refractivity contribution in [1.29, 1.82) is 0 Å². The number of nitrogen functional groups attached to an aromatic ring is 1. The van der Waals surface area contributed by atoms with Gasteiger partial charge in [0.15, 0.2) is 0 Å². The molecule has 0 spiro atoms. The van der Waals surface area contributed by atoms with E-state index in [0.717, 1.165) is 82.6 Å². The molecule has 4 N–H and O–H groups in total. The molecule has 0 atom stereocenters. The van der Waals surface area contributed by atoms with Crippen molar-refractivity contribution in [3.05, 3.63) is 78.4 Å². The minimum absolute atomic E-state index is 0. The number of nitrogens with zero attached hydrogens (tertiary/aromatic N) is 4. The Kier molecular flexibility index (Phi) is 7.20. The van der Waals surface area contributed by atoms with E-state index in [1.165, 1.54) is 0 Å². The zero-order chi connectivity index (χ0) is 23.9. The van der Waals surface area contributed by atoms with E-state index in [1.54, 1.807) is 6.20 Å². The molecule has 1 radical (unpaired) electrons. The van der Waals surface area contributed by atoms with E-state index in [9.17, 15) is 0 Å². The van der Waals surface area contributed by atoms with Crippen LogP contribution in [0, 0.1) is 18.9 Å². The summed E-state index contributed by atoms with van der Waals surface area (Å²) in [5.74, 6) is 2.57. The molecule has 179 valence electrons. The van der Waals surface area contributed by atoms with Gasteiger partial charge in [-0.05, 0) is 67.4 Å². The van der Waals surface area contributed by atoms with Crippen LogP contribution in [0.2, 0.25) is 0 Å². The van der Waals surface area contributed by atoms with Crippen LogP contribution in [-0.2, 0) is 32.7 Å². The maximum Gasteiger partial charge on any atom is 0.150 e. The Bertz CT molecular complexity index is 1520. The second-order valence-electron chi connectivity index (χ2n) is 9.59. The molecular formula is C29H29N6Y-. The van der Waals surface area contributed by atoms with Crippen LogP contribution in [0.4, 0.5) is 5.82 Å². The van der Waals surface area contributed by atoms with Crippen molar-refractivity contribution in [2.24, 2.45) is 11.7 Å². The number of rotatable bonds is 4. The number of hydrogen-bond acceptors (Lipinski definition) is 5. The third-order valence-corrected chi connectivity index (χ3v) is 7.51. The van der Waals surface area contributed by atoms with Crippen molar-refractivity contribution in [2.75, 3.05) is 12.3 Å². The number of imidazole rings is 1. The number of aryl methyl sites for hydroxylation is 1. The Morgan fingerprint density at radius 1 is 1.03 bits per heavy atom. The topological polar surface area (TPSA) is 95.1 Å². The molecule has 1 aliphatic rings. The van der Waals surface area contributed by atoms with E-state index < -0.39 is 0 Å². The maximum atomic E-state index is 6.43. The fourth-order valence-corrected chi connectivity index (χ4v) is 5.49. The smallest absolute Gasteiger partial charge is 0.150 e. The molecule has 0 aliphatic heterocycles. The Morgan fingerprint density at radius 2 is 1.81 bits per heavy atom. The van der Waals surface area contributed by atoms with Gasteiger partial charge < -0.3 is 16.5 Å². The quantitative estimate of drug-likeness (QED) is 0.287. The number of aromatic nitrogens is 4. The van der Waals surface area contributed by atoms with Crippen LogP contribution in [0.5, 0.6) is 0 Å². The molecular weight excluding hydrogens is 521 g/mol. The molecule has 0 amide bonds. The van der Waals surface area contributed by atoms with Gasteiger partial charge in [-0.1, -0.05) is 42.0 Å². The van der Waals surface area contributed by atoms with Crippen molar-refractivity contribution in [3.63, 3.8) is 0 Å². The second kappa shape index (κ2) is 10.4. The van der Waals surface area contributed by atoms with Crippen LogP contribution >= 0.6 is 0 Å². The van der Waals surface area contributed by atoms with Gasteiger partial charge >= 0.3 is 0 Å². The molecule has 7 heteroatoms. The summed E-state index contributed by atoms with van der Waals surface area (Å²) in [6.07, 6.45) is 8.22. The molecule has 0 saturated heterocycles. The SMILES string of the molecule is Cc1c(-c2nc(C3CCC(CN)CC3)n3ccnc(N)c23)ccc2[c-]cc(-c3ccccc3)nc12.[Y]. The molecule has 6 nitrogen and oxygen atoms in total. The number of fused-ring (bicyclic) bond motifs is 2. The normalized spacial score (nSPS) is 17.8. The number of benzene rings is 2. The fraction of sp³-hybridized carbons (Fsp3) is 0.276. The zero-order valence-electron chi connectivity index (χ0n) is 20.5. The maximum absolute atomic E-state index is 6.43. The minimum atomic E-state index is 0. The first kappa shape index (κ1) is 25.0. The van der Waals surface area contributed by atoms with Crippen molar-refractivity contribution in [3.8, 4) is 22.5 Å². The van der Waals surface area contributed by atoms with Gasteiger partial charge in [0.05, 0.1) is 5.69 Å². The van der Waals surface area contributed by atoms with E-state index in [-0.39, 0.29) is 32.7 Å². The van der Waals surface area contributed by atoms with Gasteiger partial charge in [-0.25, -0.2) is 9.97 Å². The average molecular weight is 550 g/mol. The van der Waals surface area contributed by atoms with Gasteiger partial charge in [0, 0.05) is 51.0 Å². The molecule has 0 bridgehead atoms. The summed E-state index contributed by atoms with van der Waals surface area (Å²) in [6, 6.07) is 19.8. The van der Waals surface area contributed by atoms with E-state index in [1.807, 2.05) is 30.5 Å². The summed E-state index contributed by atoms with van der Waals surface area (Å²) in [7, 11) is 0. The summed E-state index contributed by atoms with van der Waals surface area (Å²) >= 11 is 0. The van der Waals surface area contributed by atoms with Gasteiger partial charge in [-0.3, -0.25) is 4.40 Å². The summed E-state index contributed by atoms with van der Waals surface area (Å²) in [5.41, 5.74) is 19.1. The Morgan fingerprint density at radius 3 is 2.56 bits per heavy atom. The second-order valence-corrected chi connectivity index (χ2v) is 9.59. The van der Waals surface area contributed by atoms with Crippen molar-refractivity contribution in [1.82, 2.24) is 19.4 Å². The van der Waals surface area contributed by atoms with Crippen molar-refractivity contribution in [2.45, 2.75) is 38.5 Å². The van der Waals surface area contributed by atoms with E-state index in [0.29, 0.717) is 17.7 Å². The number of anilines is 1. The summed E-state index contributed by atoms with van der Waals surface area (Å²) in [4.78, 5) is 14.6. The number of nitrogens with two attached hydrogens (primary N) is 2. The van der Waals surface area contributed by atoms with Crippen molar-refractivity contribution < 1.29 is 32.7 Å². The molecule has 2 aromatic carbocycles. The van der Waals surface area contributed by atoms with E-state index in [4.69, 9.17) is 21.4 Å². The van der Waals surface area contributed by atoms with Gasteiger partial charge in [-0.2, -0.15) is 0 Å². The Hall–Kier alpha value is -2.67. The zero-order valence-corrected chi connectivity index (χ0v) is 23.3. The van der Waals surface area contributed by atoms with Gasteiger partial charge in [-0.15, -0.1) is 23.6 Å². The molecule has 36 heavy (non-hydrogen) atoms. The minimum Gasteiger partial charge on any atom is -0.382 e. The third-order valence-electron chi connectivity index (χ3n) is 7.51. The van der Waals surface area contributed by atoms with Gasteiger partial charge in [0.25, 0.3) is 0 Å². The summed E-state index contributed by atoms with van der Waals surface area (Å²) < 4.78 is 2.15. The molecule has 1 saturated carbocycles. The van der Waals surface area contributed by atoms with Crippen LogP contribution in [-0.4, -0.2) is 25.9 Å². The predicted octanol–water partition coefficient (Wildman–Crippen LogP) is 5.53. The molecule has 6 rings (SSSR count). The van der Waals surface area contributed by atoms with Crippen LogP contribution in [0.1, 0.15) is 43.0 Å². The summed E-state index contributed by atoms with van der Waals surface area (Å²) in [5, 5.41) is 0.987. The molecule has 1 fully saturated rings. The Balaban J connectivity index is 0.00000267. The van der Waals surface area contributed by atoms with Crippen LogP contribution in [0.25, 0.3) is 38.9 Å². The summed E-state index contributed by atoms with van der Waals surface area (Å²) in [6.45, 7) is 2.87. The van der Waals surface area contributed by atoms with Crippen molar-refractivity contribution >= 4 is 22.2 Å². The first-order valence-corrected chi connectivity index (χ1v) is 12.3.